The Kier molecular flexibility index (Phi) is 10.6. The van der Waals surface area contributed by atoms with Crippen LogP contribution in [0.25, 0.3) is 0 Å². The summed E-state index contributed by atoms with van der Waals surface area (Å²) < 4.78 is 39.2. The molecule has 3 aromatic carbocycles. The van der Waals surface area contributed by atoms with Gasteiger partial charge < -0.3 is 19.7 Å². The minimum absolute atomic E-state index is 0.00635. The quantitative estimate of drug-likeness (QED) is 0.332. The first-order chi connectivity index (χ1) is 19.1. The van der Waals surface area contributed by atoms with Crippen molar-refractivity contribution in [3.63, 3.8) is 0 Å². The average molecular weight is 568 g/mol. The smallest absolute Gasteiger partial charge is 0.264 e. The second kappa shape index (κ2) is 13.8. The van der Waals surface area contributed by atoms with E-state index in [1.165, 1.54) is 24.1 Å². The summed E-state index contributed by atoms with van der Waals surface area (Å²) in [5, 5.41) is 2.92. The van der Waals surface area contributed by atoms with Gasteiger partial charge in [0.05, 0.1) is 24.8 Å². The van der Waals surface area contributed by atoms with Crippen molar-refractivity contribution in [2.45, 2.75) is 50.7 Å². The molecule has 0 radical (unpaired) electrons. The van der Waals surface area contributed by atoms with Gasteiger partial charge in [0.1, 0.15) is 24.1 Å². The second-order valence-corrected chi connectivity index (χ2v) is 11.3. The van der Waals surface area contributed by atoms with Gasteiger partial charge in [-0.1, -0.05) is 37.3 Å². The average Bonchev–Trinajstić information content (AvgIpc) is 2.98. The first kappa shape index (κ1) is 30.5. The molecule has 40 heavy (non-hydrogen) atoms. The van der Waals surface area contributed by atoms with E-state index in [0.29, 0.717) is 17.2 Å². The van der Waals surface area contributed by atoms with E-state index >= 15 is 0 Å². The molecule has 0 saturated heterocycles. The van der Waals surface area contributed by atoms with Crippen molar-refractivity contribution < 1.29 is 27.5 Å². The number of sulfonamides is 1. The monoisotopic (exact) mass is 567 g/mol. The van der Waals surface area contributed by atoms with E-state index in [1.54, 1.807) is 74.7 Å². The van der Waals surface area contributed by atoms with Gasteiger partial charge in [-0.3, -0.25) is 13.9 Å². The van der Waals surface area contributed by atoms with Gasteiger partial charge in [-0.15, -0.1) is 0 Å². The Labute approximate surface area is 236 Å². The Bertz CT molecular complexity index is 1380. The summed E-state index contributed by atoms with van der Waals surface area (Å²) in [5.41, 5.74) is 1.06. The van der Waals surface area contributed by atoms with Crippen LogP contribution in [0.1, 0.15) is 32.8 Å². The van der Waals surface area contributed by atoms with Crippen molar-refractivity contribution in [3.05, 3.63) is 84.4 Å². The van der Waals surface area contributed by atoms with Gasteiger partial charge in [0, 0.05) is 12.6 Å². The number of carbonyl (C=O) groups excluding carboxylic acids is 2. The van der Waals surface area contributed by atoms with E-state index in [-0.39, 0.29) is 23.4 Å². The molecule has 0 spiro atoms. The van der Waals surface area contributed by atoms with Gasteiger partial charge >= 0.3 is 0 Å². The van der Waals surface area contributed by atoms with E-state index in [0.717, 1.165) is 16.3 Å². The molecular formula is C30H37N3O6S. The van der Waals surface area contributed by atoms with Crippen molar-refractivity contribution in [1.29, 1.82) is 0 Å². The molecule has 10 heteroatoms. The summed E-state index contributed by atoms with van der Waals surface area (Å²) in [6, 6.07) is 20.6. The van der Waals surface area contributed by atoms with E-state index in [9.17, 15) is 18.0 Å². The lowest BCUT2D eigenvalue weighted by Crippen LogP contribution is -2.52. The number of methoxy groups -OCH3 is 2. The number of hydrogen-bond acceptors (Lipinski definition) is 6. The van der Waals surface area contributed by atoms with Crippen LogP contribution in [0.15, 0.2) is 83.8 Å². The Morgan fingerprint density at radius 1 is 0.875 bits per heavy atom. The number of benzene rings is 3. The predicted octanol–water partition coefficient (Wildman–Crippen LogP) is 4.23. The standard InChI is InChI=1S/C30H37N3O6S/c1-6-22(2)31-30(35)23(3)32(20-24-11-10-14-27(19-24)39-5)29(34)21-33(25-12-8-7-9-13-25)40(36,37)28-17-15-26(38-4)16-18-28/h7-19,22-23H,6,20-21H2,1-5H3,(H,31,35)/t22-,23+/m0/s1. The Hall–Kier alpha value is -4.05. The number of ether oxygens (including phenoxy) is 2. The molecule has 214 valence electrons. The van der Waals surface area contributed by atoms with E-state index in [2.05, 4.69) is 5.32 Å². The van der Waals surface area contributed by atoms with Gasteiger partial charge in [-0.25, -0.2) is 8.42 Å². The predicted molar refractivity (Wildman–Crippen MR) is 155 cm³/mol. The summed E-state index contributed by atoms with van der Waals surface area (Å²) in [6.07, 6.45) is 0.726. The number of para-hydroxylation sites is 1. The van der Waals surface area contributed by atoms with Gasteiger partial charge in [-0.2, -0.15) is 0 Å². The normalized spacial score (nSPS) is 12.6. The van der Waals surface area contributed by atoms with Crippen LogP contribution in [0.3, 0.4) is 0 Å². The molecule has 2 amide bonds. The minimum Gasteiger partial charge on any atom is -0.497 e. The lowest BCUT2D eigenvalue weighted by Gasteiger charge is -2.32. The highest BCUT2D eigenvalue weighted by molar-refractivity contribution is 7.92. The van der Waals surface area contributed by atoms with Crippen LogP contribution >= 0.6 is 0 Å². The third-order valence-electron chi connectivity index (χ3n) is 6.63. The first-order valence-corrected chi connectivity index (χ1v) is 14.5. The number of amides is 2. The summed E-state index contributed by atoms with van der Waals surface area (Å²) in [5.74, 6) is 0.256. The number of nitrogens with zero attached hydrogens (tertiary/aromatic N) is 2. The fraction of sp³-hybridized carbons (Fsp3) is 0.333. The van der Waals surface area contributed by atoms with Crippen LogP contribution in [0, 0.1) is 0 Å². The van der Waals surface area contributed by atoms with Gasteiger partial charge in [0.15, 0.2) is 0 Å². The Balaban J connectivity index is 2.01. The Morgan fingerprint density at radius 3 is 2.12 bits per heavy atom. The zero-order valence-electron chi connectivity index (χ0n) is 23.5. The molecule has 0 unspecified atom stereocenters. The number of carbonyl (C=O) groups is 2. The maximum atomic E-state index is 14.0. The zero-order valence-corrected chi connectivity index (χ0v) is 24.4. The van der Waals surface area contributed by atoms with E-state index in [1.807, 2.05) is 19.9 Å². The lowest BCUT2D eigenvalue weighted by atomic mass is 10.1. The third-order valence-corrected chi connectivity index (χ3v) is 8.41. The van der Waals surface area contributed by atoms with Gasteiger partial charge in [0.2, 0.25) is 11.8 Å². The molecule has 0 aromatic heterocycles. The van der Waals surface area contributed by atoms with Gasteiger partial charge in [-0.05, 0) is 74.4 Å². The van der Waals surface area contributed by atoms with E-state index in [4.69, 9.17) is 9.47 Å². The van der Waals surface area contributed by atoms with Crippen molar-refractivity contribution in [2.24, 2.45) is 0 Å². The van der Waals surface area contributed by atoms with Crippen molar-refractivity contribution >= 4 is 27.5 Å². The van der Waals surface area contributed by atoms with Crippen molar-refractivity contribution in [3.8, 4) is 11.5 Å². The second-order valence-electron chi connectivity index (χ2n) is 9.39. The van der Waals surface area contributed by atoms with Crippen LogP contribution in [0.4, 0.5) is 5.69 Å². The van der Waals surface area contributed by atoms with E-state index < -0.39 is 28.5 Å². The molecule has 9 nitrogen and oxygen atoms in total. The summed E-state index contributed by atoms with van der Waals surface area (Å²) in [6.45, 7) is 5.05. The maximum absolute atomic E-state index is 14.0. The molecule has 0 aliphatic rings. The van der Waals surface area contributed by atoms with Crippen LogP contribution in [-0.4, -0.2) is 58.0 Å². The minimum atomic E-state index is -4.15. The van der Waals surface area contributed by atoms with Crippen LogP contribution in [0.2, 0.25) is 0 Å². The summed E-state index contributed by atoms with van der Waals surface area (Å²) in [7, 11) is -1.11. The number of anilines is 1. The van der Waals surface area contributed by atoms with Crippen LogP contribution < -0.4 is 19.1 Å². The number of rotatable bonds is 13. The SMILES string of the molecule is CC[C@H](C)NC(=O)[C@@H](C)N(Cc1cccc(OC)c1)C(=O)CN(c1ccccc1)S(=O)(=O)c1ccc(OC)cc1. The third kappa shape index (κ3) is 7.53. The molecule has 0 heterocycles. The lowest BCUT2D eigenvalue weighted by molar-refractivity contribution is -0.139. The Morgan fingerprint density at radius 2 is 1.52 bits per heavy atom. The number of nitrogens with one attached hydrogen (secondary N) is 1. The molecule has 0 aliphatic heterocycles. The van der Waals surface area contributed by atoms with Crippen molar-refractivity contribution in [1.82, 2.24) is 10.2 Å². The summed E-state index contributed by atoms with van der Waals surface area (Å²) >= 11 is 0. The summed E-state index contributed by atoms with van der Waals surface area (Å²) in [4.78, 5) is 28.5. The highest BCUT2D eigenvalue weighted by Gasteiger charge is 2.32. The molecule has 0 saturated carbocycles. The topological polar surface area (TPSA) is 105 Å². The molecule has 0 aliphatic carbocycles. The van der Waals surface area contributed by atoms with Crippen molar-refractivity contribution in [2.75, 3.05) is 25.1 Å². The highest BCUT2D eigenvalue weighted by Crippen LogP contribution is 2.26. The van der Waals surface area contributed by atoms with Crippen LogP contribution in [0.5, 0.6) is 11.5 Å². The number of hydrogen-bond donors (Lipinski definition) is 1. The maximum Gasteiger partial charge on any atom is 0.264 e. The fourth-order valence-electron chi connectivity index (χ4n) is 4.01. The molecule has 1 N–H and O–H groups in total. The molecule has 3 rings (SSSR count). The molecule has 0 bridgehead atoms. The largest absolute Gasteiger partial charge is 0.497 e. The highest BCUT2D eigenvalue weighted by atomic mass is 32.2. The fourth-order valence-corrected chi connectivity index (χ4v) is 5.43. The van der Waals surface area contributed by atoms with Gasteiger partial charge in [0.25, 0.3) is 10.0 Å². The molecule has 2 atom stereocenters. The zero-order chi connectivity index (χ0) is 29.3. The first-order valence-electron chi connectivity index (χ1n) is 13.0. The molecule has 0 fully saturated rings. The van der Waals surface area contributed by atoms with Crippen LogP contribution in [-0.2, 0) is 26.2 Å². The molecule has 3 aromatic rings. The molecular weight excluding hydrogens is 530 g/mol.